The predicted molar refractivity (Wildman–Crippen MR) is 124 cm³/mol. The van der Waals surface area contributed by atoms with E-state index < -0.39 is 5.60 Å². The number of anilines is 2. The van der Waals surface area contributed by atoms with Crippen LogP contribution in [0.5, 0.6) is 0 Å². The number of rotatable bonds is 4. The average Bonchev–Trinajstić information content (AvgIpc) is 3.26. The number of benzene rings is 1. The van der Waals surface area contributed by atoms with E-state index in [4.69, 9.17) is 11.6 Å². The Balaban J connectivity index is 1.30. The molecule has 2 fully saturated rings. The van der Waals surface area contributed by atoms with E-state index in [1.807, 2.05) is 12.1 Å². The van der Waals surface area contributed by atoms with Gasteiger partial charge >= 0.3 is 6.03 Å². The summed E-state index contributed by atoms with van der Waals surface area (Å²) in [6.07, 6.45) is 3.59. The Morgan fingerprint density at radius 2 is 1.87 bits per heavy atom. The molecule has 1 aromatic heterocycles. The first kappa shape index (κ1) is 21.9. The number of hydrogen-bond acceptors (Lipinski definition) is 5. The topological polar surface area (TPSA) is 71.9 Å². The molecule has 0 aliphatic carbocycles. The van der Waals surface area contributed by atoms with Crippen LogP contribution in [0, 0.1) is 0 Å². The number of hydrogen-bond donors (Lipinski definition) is 2. The molecule has 0 bridgehead atoms. The van der Waals surface area contributed by atoms with Crippen LogP contribution in [-0.4, -0.2) is 72.2 Å². The second kappa shape index (κ2) is 9.02. The summed E-state index contributed by atoms with van der Waals surface area (Å²) < 4.78 is 0. The third-order valence-electron chi connectivity index (χ3n) is 6.46. The Kier molecular flexibility index (Phi) is 6.36. The van der Waals surface area contributed by atoms with Gasteiger partial charge in [-0.3, -0.25) is 4.98 Å². The Morgan fingerprint density at radius 3 is 2.45 bits per heavy atom. The lowest BCUT2D eigenvalue weighted by Gasteiger charge is -2.37. The number of likely N-dealkylation sites (N-methyl/N-ethyl adjacent to an activating group) is 1. The lowest BCUT2D eigenvalue weighted by atomic mass is 9.88. The van der Waals surface area contributed by atoms with E-state index in [9.17, 15) is 9.90 Å². The van der Waals surface area contributed by atoms with Gasteiger partial charge in [0.05, 0.1) is 10.7 Å². The highest BCUT2D eigenvalue weighted by molar-refractivity contribution is 6.30. The zero-order valence-corrected chi connectivity index (χ0v) is 18.8. The van der Waals surface area contributed by atoms with Gasteiger partial charge in [-0.1, -0.05) is 11.6 Å². The first-order valence-electron chi connectivity index (χ1n) is 10.8. The summed E-state index contributed by atoms with van der Waals surface area (Å²) >= 11 is 5.89. The molecule has 2 N–H and O–H groups in total. The number of amides is 2. The molecule has 7 nitrogen and oxygen atoms in total. The molecular formula is C23H30ClN5O2. The molecule has 2 saturated heterocycles. The van der Waals surface area contributed by atoms with E-state index in [2.05, 4.69) is 46.3 Å². The van der Waals surface area contributed by atoms with Gasteiger partial charge in [-0.15, -0.1) is 0 Å². The maximum absolute atomic E-state index is 12.7. The number of carbonyl (C=O) groups is 1. The number of urea groups is 1. The van der Waals surface area contributed by atoms with Crippen molar-refractivity contribution in [1.82, 2.24) is 14.8 Å². The van der Waals surface area contributed by atoms with Crippen LogP contribution in [-0.2, 0) is 5.60 Å². The molecule has 0 radical (unpaired) electrons. The maximum Gasteiger partial charge on any atom is 0.321 e. The molecular weight excluding hydrogens is 414 g/mol. The molecule has 2 amide bonds. The Labute approximate surface area is 188 Å². The smallest absolute Gasteiger partial charge is 0.321 e. The number of aliphatic hydroxyl groups is 1. The van der Waals surface area contributed by atoms with E-state index in [0.29, 0.717) is 42.7 Å². The zero-order valence-electron chi connectivity index (χ0n) is 18.1. The Morgan fingerprint density at radius 1 is 1.16 bits per heavy atom. The molecule has 1 aromatic carbocycles. The monoisotopic (exact) mass is 443 g/mol. The summed E-state index contributed by atoms with van der Waals surface area (Å²) in [5.74, 6) is 0. The average molecular weight is 444 g/mol. The van der Waals surface area contributed by atoms with Crippen molar-refractivity contribution >= 4 is 29.0 Å². The summed E-state index contributed by atoms with van der Waals surface area (Å²) in [6, 6.07) is 12.0. The van der Waals surface area contributed by atoms with Gasteiger partial charge in [0, 0.05) is 49.8 Å². The van der Waals surface area contributed by atoms with E-state index in [0.717, 1.165) is 18.8 Å². The van der Waals surface area contributed by atoms with E-state index >= 15 is 0 Å². The third-order valence-corrected chi connectivity index (χ3v) is 6.68. The minimum atomic E-state index is -1.02. The minimum Gasteiger partial charge on any atom is -0.383 e. The first-order valence-corrected chi connectivity index (χ1v) is 11.1. The Hall–Kier alpha value is -2.35. The highest BCUT2D eigenvalue weighted by Crippen LogP contribution is 2.32. The highest BCUT2D eigenvalue weighted by atomic mass is 35.5. The van der Waals surface area contributed by atoms with Crippen LogP contribution >= 0.6 is 11.6 Å². The van der Waals surface area contributed by atoms with Crippen molar-refractivity contribution in [2.24, 2.45) is 0 Å². The van der Waals surface area contributed by atoms with Crippen LogP contribution in [0.4, 0.5) is 16.2 Å². The molecule has 1 atom stereocenters. The fourth-order valence-corrected chi connectivity index (χ4v) is 4.45. The van der Waals surface area contributed by atoms with Gasteiger partial charge in [0.1, 0.15) is 5.60 Å². The quantitative estimate of drug-likeness (QED) is 0.757. The van der Waals surface area contributed by atoms with Gasteiger partial charge in [0.15, 0.2) is 0 Å². The first-order chi connectivity index (χ1) is 14.8. The number of likely N-dealkylation sites (tertiary alicyclic amines) is 1. The van der Waals surface area contributed by atoms with Crippen LogP contribution in [0.15, 0.2) is 42.6 Å². The van der Waals surface area contributed by atoms with Gasteiger partial charge < -0.3 is 25.1 Å². The molecule has 0 saturated carbocycles. The van der Waals surface area contributed by atoms with E-state index in [1.165, 1.54) is 12.1 Å². The summed E-state index contributed by atoms with van der Waals surface area (Å²) in [5.41, 5.74) is 1.53. The van der Waals surface area contributed by atoms with Crippen molar-refractivity contribution in [3.63, 3.8) is 0 Å². The summed E-state index contributed by atoms with van der Waals surface area (Å²) in [6.45, 7) is 3.00. The standard InChI is InChI=1S/C23H30ClN5O2/c1-27(2)20-9-12-29(16-20)19-6-4-18(5-7-19)26-22(30)28-13-10-23(31,11-14-28)21-8-3-17(24)15-25-21/h3-8,15,20,31H,9-14,16H2,1-2H3,(H,26,30). The van der Waals surface area contributed by atoms with Gasteiger partial charge in [-0.2, -0.15) is 0 Å². The lowest BCUT2D eigenvalue weighted by molar-refractivity contribution is -0.0192. The van der Waals surface area contributed by atoms with Crippen LogP contribution < -0.4 is 10.2 Å². The summed E-state index contributed by atoms with van der Waals surface area (Å²) in [5, 5.41) is 14.5. The van der Waals surface area contributed by atoms with Gasteiger partial charge in [-0.05, 0) is 69.8 Å². The maximum atomic E-state index is 12.7. The molecule has 0 spiro atoms. The number of aromatic nitrogens is 1. The fraction of sp³-hybridized carbons (Fsp3) is 0.478. The second-order valence-corrected chi connectivity index (χ2v) is 9.15. The van der Waals surface area contributed by atoms with Crippen molar-refractivity contribution < 1.29 is 9.90 Å². The molecule has 2 aliphatic heterocycles. The Bertz CT molecular complexity index is 895. The van der Waals surface area contributed by atoms with Crippen LogP contribution in [0.3, 0.4) is 0 Å². The molecule has 3 heterocycles. The van der Waals surface area contributed by atoms with Crippen LogP contribution in [0.2, 0.25) is 5.02 Å². The summed E-state index contributed by atoms with van der Waals surface area (Å²) in [4.78, 5) is 23.4. The van der Waals surface area contributed by atoms with Crippen LogP contribution in [0.1, 0.15) is 25.0 Å². The summed E-state index contributed by atoms with van der Waals surface area (Å²) in [7, 11) is 4.25. The highest BCUT2D eigenvalue weighted by Gasteiger charge is 2.36. The zero-order chi connectivity index (χ0) is 22.0. The van der Waals surface area contributed by atoms with Crippen molar-refractivity contribution in [3.8, 4) is 0 Å². The number of carbonyl (C=O) groups excluding carboxylic acids is 1. The van der Waals surface area contributed by atoms with E-state index in [1.54, 1.807) is 23.2 Å². The van der Waals surface area contributed by atoms with E-state index in [-0.39, 0.29) is 6.03 Å². The van der Waals surface area contributed by atoms with Gasteiger partial charge in [-0.25, -0.2) is 4.79 Å². The second-order valence-electron chi connectivity index (χ2n) is 8.71. The lowest BCUT2D eigenvalue weighted by Crippen LogP contribution is -2.47. The molecule has 166 valence electrons. The SMILES string of the molecule is CN(C)C1CCN(c2ccc(NC(=O)N3CCC(O)(c4ccc(Cl)cn4)CC3)cc2)C1. The molecule has 4 rings (SSSR count). The predicted octanol–water partition coefficient (Wildman–Crippen LogP) is 3.39. The number of halogens is 1. The van der Waals surface area contributed by atoms with Crippen molar-refractivity contribution in [1.29, 1.82) is 0 Å². The van der Waals surface area contributed by atoms with Crippen LogP contribution in [0.25, 0.3) is 0 Å². The number of nitrogens with zero attached hydrogens (tertiary/aromatic N) is 4. The number of nitrogens with one attached hydrogen (secondary N) is 1. The number of piperidine rings is 1. The van der Waals surface area contributed by atoms with Gasteiger partial charge in [0.2, 0.25) is 0 Å². The normalized spacial score (nSPS) is 20.9. The van der Waals surface area contributed by atoms with Crippen molar-refractivity contribution in [3.05, 3.63) is 53.3 Å². The number of pyridine rings is 1. The minimum absolute atomic E-state index is 0.146. The molecule has 2 aromatic rings. The fourth-order valence-electron chi connectivity index (χ4n) is 4.34. The van der Waals surface area contributed by atoms with Crippen molar-refractivity contribution in [2.75, 3.05) is 50.5 Å². The molecule has 8 heteroatoms. The largest absolute Gasteiger partial charge is 0.383 e. The van der Waals surface area contributed by atoms with Crippen molar-refractivity contribution in [2.45, 2.75) is 30.9 Å². The van der Waals surface area contributed by atoms with Gasteiger partial charge in [0.25, 0.3) is 0 Å². The molecule has 2 aliphatic rings. The molecule has 31 heavy (non-hydrogen) atoms. The third kappa shape index (κ3) is 4.95. The molecule has 1 unspecified atom stereocenters.